The van der Waals surface area contributed by atoms with Crippen molar-refractivity contribution in [1.82, 2.24) is 4.57 Å². The van der Waals surface area contributed by atoms with E-state index in [4.69, 9.17) is 9.47 Å². The first-order valence-electron chi connectivity index (χ1n) is 12.2. The lowest BCUT2D eigenvalue weighted by molar-refractivity contribution is -0.119. The maximum atomic E-state index is 13.6. The van der Waals surface area contributed by atoms with Gasteiger partial charge in [0.2, 0.25) is 0 Å². The molecule has 0 radical (unpaired) electrons. The zero-order chi connectivity index (χ0) is 25.2. The van der Waals surface area contributed by atoms with Crippen LogP contribution in [0.2, 0.25) is 0 Å². The van der Waals surface area contributed by atoms with Gasteiger partial charge < -0.3 is 19.4 Å². The molecule has 5 rings (SSSR count). The first-order valence-corrected chi connectivity index (χ1v) is 12.2. The zero-order valence-electron chi connectivity index (χ0n) is 20.9. The van der Waals surface area contributed by atoms with Crippen molar-refractivity contribution in [3.05, 3.63) is 98.8 Å². The van der Waals surface area contributed by atoms with E-state index in [0.29, 0.717) is 42.3 Å². The number of aromatic nitrogens is 1. The van der Waals surface area contributed by atoms with E-state index >= 15 is 0 Å². The maximum Gasteiger partial charge on any atom is 0.256 e. The van der Waals surface area contributed by atoms with E-state index in [2.05, 4.69) is 11.4 Å². The summed E-state index contributed by atoms with van der Waals surface area (Å²) in [6, 6.07) is 19.7. The lowest BCUT2D eigenvalue weighted by Gasteiger charge is -2.21. The smallest absolute Gasteiger partial charge is 0.256 e. The van der Waals surface area contributed by atoms with Gasteiger partial charge in [0.25, 0.3) is 5.56 Å². The number of rotatable bonds is 7. The number of fused-ring (bicyclic) bond motifs is 2. The zero-order valence-corrected chi connectivity index (χ0v) is 20.9. The first kappa shape index (κ1) is 23.7. The van der Waals surface area contributed by atoms with Gasteiger partial charge >= 0.3 is 0 Å². The van der Waals surface area contributed by atoms with Crippen molar-refractivity contribution in [3.63, 3.8) is 0 Å². The number of aryl methyl sites for hydroxylation is 3. The molecule has 0 unspecified atom stereocenters. The molecule has 4 aromatic rings. The SMILES string of the molecule is Cc1ccc(NCc2cc3cc4c(cc3n(CC(=O)Cc3ccc(C)cc3C)c2=O)OCCO4)cc1. The predicted molar refractivity (Wildman–Crippen MR) is 142 cm³/mol. The van der Waals surface area contributed by atoms with E-state index in [1.165, 1.54) is 5.56 Å². The number of hydrogen-bond acceptors (Lipinski definition) is 5. The summed E-state index contributed by atoms with van der Waals surface area (Å²) in [5.74, 6) is 1.22. The van der Waals surface area contributed by atoms with Gasteiger partial charge in [-0.25, -0.2) is 0 Å². The van der Waals surface area contributed by atoms with Gasteiger partial charge in [-0.05, 0) is 56.2 Å². The highest BCUT2D eigenvalue weighted by atomic mass is 16.6. The van der Waals surface area contributed by atoms with E-state index in [0.717, 1.165) is 27.8 Å². The summed E-state index contributed by atoms with van der Waals surface area (Å²) in [6.07, 6.45) is 0.274. The van der Waals surface area contributed by atoms with Crippen LogP contribution < -0.4 is 20.3 Å². The molecule has 3 aromatic carbocycles. The second-order valence-corrected chi connectivity index (χ2v) is 9.48. The predicted octanol–water partition coefficient (Wildman–Crippen LogP) is 5.12. The number of nitrogens with zero attached hydrogens (tertiary/aromatic N) is 1. The Hall–Kier alpha value is -4.06. The number of carbonyl (C=O) groups excluding carboxylic acids is 1. The number of Topliss-reactive ketones (excluding diaryl/α,β-unsaturated/α-hetero) is 1. The quantitative estimate of drug-likeness (QED) is 0.396. The molecule has 36 heavy (non-hydrogen) atoms. The van der Waals surface area contributed by atoms with Crippen molar-refractivity contribution in [1.29, 1.82) is 0 Å². The molecule has 1 aliphatic heterocycles. The third kappa shape index (κ3) is 4.98. The number of hydrogen-bond donors (Lipinski definition) is 1. The second kappa shape index (κ2) is 9.90. The molecule has 184 valence electrons. The Morgan fingerprint density at radius 2 is 1.56 bits per heavy atom. The van der Waals surface area contributed by atoms with Gasteiger partial charge in [-0.15, -0.1) is 0 Å². The molecule has 0 bridgehead atoms. The van der Waals surface area contributed by atoms with Crippen molar-refractivity contribution >= 4 is 22.4 Å². The van der Waals surface area contributed by atoms with Gasteiger partial charge in [-0.3, -0.25) is 9.59 Å². The molecule has 0 atom stereocenters. The third-order valence-corrected chi connectivity index (χ3v) is 6.59. The first-order chi connectivity index (χ1) is 17.4. The second-order valence-electron chi connectivity index (χ2n) is 9.48. The number of pyridine rings is 1. The highest BCUT2D eigenvalue weighted by Crippen LogP contribution is 2.34. The standard InChI is InChI=1S/C30H30N2O4/c1-19-5-8-25(9-6-19)31-17-24-13-23-15-28-29(36-11-10-35-28)16-27(23)32(30(24)34)18-26(33)14-22-7-4-20(2)12-21(22)3/h4-9,12-13,15-16,31H,10-11,14,17-18H2,1-3H3. The average molecular weight is 483 g/mol. The summed E-state index contributed by atoms with van der Waals surface area (Å²) in [7, 11) is 0. The average Bonchev–Trinajstić information content (AvgIpc) is 2.86. The third-order valence-electron chi connectivity index (χ3n) is 6.59. The minimum Gasteiger partial charge on any atom is -0.486 e. The van der Waals surface area contributed by atoms with Crippen molar-refractivity contribution in [2.45, 2.75) is 40.3 Å². The van der Waals surface area contributed by atoms with Crippen LogP contribution >= 0.6 is 0 Å². The lowest BCUT2D eigenvalue weighted by atomic mass is 10.0. The molecule has 0 fully saturated rings. The number of ketones is 1. The van der Waals surface area contributed by atoms with Gasteiger partial charge in [-0.1, -0.05) is 41.5 Å². The molecule has 6 nitrogen and oxygen atoms in total. The van der Waals surface area contributed by atoms with Crippen LogP contribution in [0.15, 0.2) is 65.5 Å². The summed E-state index contributed by atoms with van der Waals surface area (Å²) < 4.78 is 13.1. The van der Waals surface area contributed by atoms with Crippen LogP contribution in [0, 0.1) is 20.8 Å². The van der Waals surface area contributed by atoms with Crippen LogP contribution in [0.5, 0.6) is 11.5 Å². The van der Waals surface area contributed by atoms with Crippen molar-refractivity contribution in [2.24, 2.45) is 0 Å². The molecular formula is C30H30N2O4. The Labute approximate surface area is 210 Å². The fourth-order valence-corrected chi connectivity index (χ4v) is 4.62. The Kier molecular flexibility index (Phi) is 6.51. The monoisotopic (exact) mass is 482 g/mol. The van der Waals surface area contributed by atoms with Crippen LogP contribution in [0.3, 0.4) is 0 Å². The summed E-state index contributed by atoms with van der Waals surface area (Å²) in [6.45, 7) is 7.35. The minimum atomic E-state index is -0.187. The van der Waals surface area contributed by atoms with Crippen LogP contribution in [0.25, 0.3) is 10.9 Å². The number of carbonyl (C=O) groups is 1. The Bertz CT molecular complexity index is 1500. The highest BCUT2D eigenvalue weighted by molar-refractivity contribution is 5.87. The number of benzene rings is 3. The number of nitrogens with one attached hydrogen (secondary N) is 1. The van der Waals surface area contributed by atoms with Crippen molar-refractivity contribution in [3.8, 4) is 11.5 Å². The van der Waals surface area contributed by atoms with E-state index in [9.17, 15) is 9.59 Å². The fourth-order valence-electron chi connectivity index (χ4n) is 4.62. The number of anilines is 1. The van der Waals surface area contributed by atoms with E-state index in [-0.39, 0.29) is 24.3 Å². The summed E-state index contributed by atoms with van der Waals surface area (Å²) in [4.78, 5) is 26.8. The van der Waals surface area contributed by atoms with Crippen LogP contribution in [0.1, 0.15) is 27.8 Å². The van der Waals surface area contributed by atoms with Crippen LogP contribution in [0.4, 0.5) is 5.69 Å². The Morgan fingerprint density at radius 3 is 2.28 bits per heavy atom. The Balaban J connectivity index is 1.51. The van der Waals surface area contributed by atoms with Gasteiger partial charge in [0, 0.05) is 35.7 Å². The van der Waals surface area contributed by atoms with Gasteiger partial charge in [0.1, 0.15) is 13.2 Å². The summed E-state index contributed by atoms with van der Waals surface area (Å²) in [5, 5.41) is 4.17. The molecule has 0 amide bonds. The summed E-state index contributed by atoms with van der Waals surface area (Å²) in [5.41, 5.74) is 6.38. The molecule has 1 N–H and O–H groups in total. The molecule has 2 heterocycles. The Morgan fingerprint density at radius 1 is 0.861 bits per heavy atom. The lowest BCUT2D eigenvalue weighted by Crippen LogP contribution is -2.29. The molecule has 6 heteroatoms. The van der Waals surface area contributed by atoms with E-state index in [1.54, 1.807) is 4.57 Å². The maximum absolute atomic E-state index is 13.6. The normalized spacial score (nSPS) is 12.5. The molecule has 1 aliphatic rings. The topological polar surface area (TPSA) is 69.6 Å². The van der Waals surface area contributed by atoms with Crippen molar-refractivity contribution in [2.75, 3.05) is 18.5 Å². The largest absolute Gasteiger partial charge is 0.486 e. The molecule has 0 saturated carbocycles. The van der Waals surface area contributed by atoms with Gasteiger partial charge in [0.15, 0.2) is 17.3 Å². The van der Waals surface area contributed by atoms with Crippen LogP contribution in [-0.2, 0) is 24.3 Å². The summed E-state index contributed by atoms with van der Waals surface area (Å²) >= 11 is 0. The molecular weight excluding hydrogens is 452 g/mol. The fraction of sp³-hybridized carbons (Fsp3) is 0.267. The highest BCUT2D eigenvalue weighted by Gasteiger charge is 2.19. The minimum absolute atomic E-state index is 0.0132. The van der Waals surface area contributed by atoms with Crippen LogP contribution in [-0.4, -0.2) is 23.6 Å². The van der Waals surface area contributed by atoms with Gasteiger partial charge in [-0.2, -0.15) is 0 Å². The van der Waals surface area contributed by atoms with Gasteiger partial charge in [0.05, 0.1) is 12.1 Å². The molecule has 0 saturated heterocycles. The molecule has 0 spiro atoms. The van der Waals surface area contributed by atoms with Crippen molar-refractivity contribution < 1.29 is 14.3 Å². The number of ether oxygens (including phenoxy) is 2. The van der Waals surface area contributed by atoms with E-state index in [1.807, 2.05) is 75.4 Å². The molecule has 0 aliphatic carbocycles. The van der Waals surface area contributed by atoms with E-state index < -0.39 is 0 Å². The molecule has 1 aromatic heterocycles.